The SMILES string of the molecule is C[C@H](N)C(=O)NCC[C@H](O)C(=O)O. The molecule has 0 aliphatic carbocycles. The third kappa shape index (κ3) is 5.15. The lowest BCUT2D eigenvalue weighted by atomic mass is 10.2. The van der Waals surface area contributed by atoms with Crippen LogP contribution in [0.25, 0.3) is 0 Å². The minimum atomic E-state index is -1.44. The first-order chi connectivity index (χ1) is 5.95. The Morgan fingerprint density at radius 1 is 1.54 bits per heavy atom. The topological polar surface area (TPSA) is 113 Å². The van der Waals surface area contributed by atoms with E-state index in [1.807, 2.05) is 0 Å². The van der Waals surface area contributed by atoms with Gasteiger partial charge in [-0.1, -0.05) is 0 Å². The first kappa shape index (κ1) is 11.9. The summed E-state index contributed by atoms with van der Waals surface area (Å²) in [6.07, 6.45) is -1.46. The van der Waals surface area contributed by atoms with E-state index in [2.05, 4.69) is 5.32 Å². The molecule has 0 saturated heterocycles. The maximum atomic E-state index is 10.8. The van der Waals surface area contributed by atoms with E-state index >= 15 is 0 Å². The molecule has 0 bridgehead atoms. The van der Waals surface area contributed by atoms with Gasteiger partial charge in [0.1, 0.15) is 0 Å². The van der Waals surface area contributed by atoms with E-state index in [0.717, 1.165) is 0 Å². The number of amides is 1. The molecule has 0 aromatic heterocycles. The molecule has 0 aliphatic heterocycles. The molecule has 0 rings (SSSR count). The van der Waals surface area contributed by atoms with Crippen LogP contribution in [0, 0.1) is 0 Å². The van der Waals surface area contributed by atoms with Crippen molar-refractivity contribution in [3.05, 3.63) is 0 Å². The number of carboxylic acid groups (broad SMARTS) is 1. The standard InChI is InChI=1S/C7H14N2O4/c1-4(8)6(11)9-3-2-5(10)7(12)13/h4-5,10H,2-3,8H2,1H3,(H,9,11)(H,12,13)/t4-,5-/m0/s1. The van der Waals surface area contributed by atoms with E-state index in [1.165, 1.54) is 6.92 Å². The predicted octanol–water partition coefficient (Wildman–Crippen LogP) is -1.71. The molecular weight excluding hydrogens is 176 g/mol. The molecular formula is C7H14N2O4. The molecule has 76 valence electrons. The molecule has 13 heavy (non-hydrogen) atoms. The van der Waals surface area contributed by atoms with Gasteiger partial charge in [0.15, 0.2) is 6.10 Å². The van der Waals surface area contributed by atoms with Crippen LogP contribution in [0.3, 0.4) is 0 Å². The van der Waals surface area contributed by atoms with E-state index < -0.39 is 18.1 Å². The van der Waals surface area contributed by atoms with Crippen molar-refractivity contribution < 1.29 is 19.8 Å². The normalized spacial score (nSPS) is 14.7. The fraction of sp³-hybridized carbons (Fsp3) is 0.714. The lowest BCUT2D eigenvalue weighted by Gasteiger charge is -2.08. The Bertz CT molecular complexity index is 193. The Morgan fingerprint density at radius 3 is 2.46 bits per heavy atom. The summed E-state index contributed by atoms with van der Waals surface area (Å²) in [5.74, 6) is -1.66. The molecule has 0 aromatic rings. The minimum absolute atomic E-state index is 0.0200. The van der Waals surface area contributed by atoms with Crippen LogP contribution in [0.2, 0.25) is 0 Å². The largest absolute Gasteiger partial charge is 0.479 e. The number of hydrogen-bond donors (Lipinski definition) is 4. The Hall–Kier alpha value is -1.14. The van der Waals surface area contributed by atoms with Gasteiger partial charge in [0.25, 0.3) is 0 Å². The van der Waals surface area contributed by atoms with Gasteiger partial charge in [0, 0.05) is 13.0 Å². The molecule has 1 amide bonds. The molecule has 0 fully saturated rings. The van der Waals surface area contributed by atoms with Crippen molar-refractivity contribution in [2.24, 2.45) is 5.73 Å². The van der Waals surface area contributed by atoms with Gasteiger partial charge in [-0.25, -0.2) is 4.79 Å². The number of hydrogen-bond acceptors (Lipinski definition) is 4. The summed E-state index contributed by atoms with van der Waals surface area (Å²) in [6, 6.07) is -0.623. The summed E-state index contributed by atoms with van der Waals surface area (Å²) >= 11 is 0. The van der Waals surface area contributed by atoms with Crippen LogP contribution in [0.5, 0.6) is 0 Å². The average Bonchev–Trinajstić information content (AvgIpc) is 2.03. The van der Waals surface area contributed by atoms with E-state index in [-0.39, 0.29) is 18.9 Å². The van der Waals surface area contributed by atoms with Gasteiger partial charge < -0.3 is 21.3 Å². The number of aliphatic hydroxyl groups excluding tert-OH is 1. The zero-order chi connectivity index (χ0) is 10.4. The van der Waals surface area contributed by atoms with Crippen LogP contribution in [-0.4, -0.2) is 40.8 Å². The van der Waals surface area contributed by atoms with Gasteiger partial charge in [-0.2, -0.15) is 0 Å². The van der Waals surface area contributed by atoms with Crippen LogP contribution >= 0.6 is 0 Å². The number of aliphatic hydroxyl groups is 1. The number of carbonyl (C=O) groups excluding carboxylic acids is 1. The highest BCUT2D eigenvalue weighted by atomic mass is 16.4. The third-order valence-corrected chi connectivity index (χ3v) is 1.42. The second-order valence-corrected chi connectivity index (χ2v) is 2.72. The Balaban J connectivity index is 3.56. The maximum Gasteiger partial charge on any atom is 0.332 e. The Kier molecular flexibility index (Phi) is 5.01. The summed E-state index contributed by atoms with van der Waals surface area (Å²) in [4.78, 5) is 21.0. The number of rotatable bonds is 5. The fourth-order valence-corrected chi connectivity index (χ4v) is 0.617. The number of aliphatic carboxylic acids is 1. The van der Waals surface area contributed by atoms with Gasteiger partial charge in [0.05, 0.1) is 6.04 Å². The molecule has 0 unspecified atom stereocenters. The second kappa shape index (κ2) is 5.50. The van der Waals surface area contributed by atoms with Crippen molar-refractivity contribution in [3.63, 3.8) is 0 Å². The summed E-state index contributed by atoms with van der Waals surface area (Å²) in [7, 11) is 0. The zero-order valence-electron chi connectivity index (χ0n) is 7.36. The van der Waals surface area contributed by atoms with E-state index in [9.17, 15) is 9.59 Å². The van der Waals surface area contributed by atoms with Crippen molar-refractivity contribution in [2.45, 2.75) is 25.5 Å². The summed E-state index contributed by atoms with van der Waals surface area (Å²) in [5.41, 5.74) is 5.22. The van der Waals surface area contributed by atoms with Crippen molar-refractivity contribution >= 4 is 11.9 Å². The molecule has 6 heteroatoms. The highest BCUT2D eigenvalue weighted by molar-refractivity contribution is 5.81. The van der Waals surface area contributed by atoms with Crippen LogP contribution in [0.4, 0.5) is 0 Å². The zero-order valence-corrected chi connectivity index (χ0v) is 7.36. The Labute approximate surface area is 75.7 Å². The summed E-state index contributed by atoms with van der Waals surface area (Å²) in [6.45, 7) is 1.62. The first-order valence-electron chi connectivity index (χ1n) is 3.89. The highest BCUT2D eigenvalue weighted by Gasteiger charge is 2.13. The van der Waals surface area contributed by atoms with Crippen molar-refractivity contribution in [1.82, 2.24) is 5.32 Å². The molecule has 5 N–H and O–H groups in total. The maximum absolute atomic E-state index is 10.8. The summed E-state index contributed by atoms with van der Waals surface area (Å²) in [5, 5.41) is 19.4. The molecule has 2 atom stereocenters. The fourth-order valence-electron chi connectivity index (χ4n) is 0.617. The minimum Gasteiger partial charge on any atom is -0.479 e. The molecule has 0 aromatic carbocycles. The van der Waals surface area contributed by atoms with Gasteiger partial charge in [-0.05, 0) is 6.92 Å². The monoisotopic (exact) mass is 190 g/mol. The predicted molar refractivity (Wildman–Crippen MR) is 44.9 cm³/mol. The molecule has 0 spiro atoms. The first-order valence-corrected chi connectivity index (χ1v) is 3.89. The van der Waals surface area contributed by atoms with Crippen molar-refractivity contribution in [2.75, 3.05) is 6.54 Å². The Morgan fingerprint density at radius 2 is 2.08 bits per heavy atom. The average molecular weight is 190 g/mol. The van der Waals surface area contributed by atoms with Gasteiger partial charge in [-0.3, -0.25) is 4.79 Å². The molecule has 0 saturated carbocycles. The molecule has 0 aliphatic rings. The number of nitrogens with two attached hydrogens (primary N) is 1. The van der Waals surface area contributed by atoms with E-state index in [1.54, 1.807) is 0 Å². The van der Waals surface area contributed by atoms with Gasteiger partial charge in [-0.15, -0.1) is 0 Å². The molecule has 0 heterocycles. The van der Waals surface area contributed by atoms with Gasteiger partial charge in [0.2, 0.25) is 5.91 Å². The lowest BCUT2D eigenvalue weighted by molar-refractivity contribution is -0.147. The smallest absolute Gasteiger partial charge is 0.332 e. The third-order valence-electron chi connectivity index (χ3n) is 1.42. The van der Waals surface area contributed by atoms with Gasteiger partial charge >= 0.3 is 5.97 Å². The van der Waals surface area contributed by atoms with Crippen molar-refractivity contribution in [1.29, 1.82) is 0 Å². The van der Waals surface area contributed by atoms with Crippen LogP contribution in [-0.2, 0) is 9.59 Å². The van der Waals surface area contributed by atoms with E-state index in [0.29, 0.717) is 0 Å². The van der Waals surface area contributed by atoms with Crippen LogP contribution in [0.15, 0.2) is 0 Å². The van der Waals surface area contributed by atoms with E-state index in [4.69, 9.17) is 15.9 Å². The second-order valence-electron chi connectivity index (χ2n) is 2.72. The summed E-state index contributed by atoms with van der Waals surface area (Å²) < 4.78 is 0. The number of carboxylic acids is 1. The van der Waals surface area contributed by atoms with Crippen LogP contribution < -0.4 is 11.1 Å². The van der Waals surface area contributed by atoms with Crippen LogP contribution in [0.1, 0.15) is 13.3 Å². The van der Waals surface area contributed by atoms with Crippen molar-refractivity contribution in [3.8, 4) is 0 Å². The number of carbonyl (C=O) groups is 2. The molecule has 6 nitrogen and oxygen atoms in total. The molecule has 0 radical (unpaired) electrons. The quantitative estimate of drug-likeness (QED) is 0.412. The highest BCUT2D eigenvalue weighted by Crippen LogP contribution is 1.89. The number of nitrogens with one attached hydrogen (secondary N) is 1. The lowest BCUT2D eigenvalue weighted by Crippen LogP contribution is -2.39.